The zero-order chi connectivity index (χ0) is 22.2. The summed E-state index contributed by atoms with van der Waals surface area (Å²) in [4.78, 5) is 36.0. The minimum absolute atomic E-state index is 0.390. The van der Waals surface area contributed by atoms with Crippen LogP contribution in [-0.4, -0.2) is 58.5 Å². The van der Waals surface area contributed by atoms with Crippen molar-refractivity contribution in [1.29, 1.82) is 0 Å². The zero-order valence-corrected chi connectivity index (χ0v) is 16.9. The Morgan fingerprint density at radius 2 is 2.07 bits per heavy atom. The predicted molar refractivity (Wildman–Crippen MR) is 95.7 cm³/mol. The first-order chi connectivity index (χ1) is 13.5. The van der Waals surface area contributed by atoms with Crippen LogP contribution in [0.5, 0.6) is 0 Å². The van der Waals surface area contributed by atoms with Gasteiger partial charge in [-0.2, -0.15) is 0 Å². The fraction of sp³-hybridized carbons (Fsp3) is 0.667. The molecule has 0 aliphatic carbocycles. The molecule has 0 saturated heterocycles. The molecular formula is C15H23F2N3O8P+. The van der Waals surface area contributed by atoms with Gasteiger partial charge in [-0.15, -0.1) is 4.52 Å². The summed E-state index contributed by atoms with van der Waals surface area (Å²) in [6.45, 7) is 1.19. The van der Waals surface area contributed by atoms with Gasteiger partial charge in [0, 0.05) is 12.3 Å². The number of carbonyl (C=O) groups excluding carboxylic acids is 1. The van der Waals surface area contributed by atoms with E-state index in [4.69, 9.17) is 14.0 Å². The molecule has 4 atom stereocenters. The van der Waals surface area contributed by atoms with Gasteiger partial charge in [-0.25, -0.2) is 13.6 Å². The number of aliphatic hydroxyl groups excluding tert-OH is 1. The summed E-state index contributed by atoms with van der Waals surface area (Å²) in [6, 6.07) is 0.892. The van der Waals surface area contributed by atoms with Crippen molar-refractivity contribution in [3.05, 3.63) is 33.1 Å². The minimum atomic E-state index is -3.07. The van der Waals surface area contributed by atoms with Crippen molar-refractivity contribution < 1.29 is 37.2 Å². The van der Waals surface area contributed by atoms with Crippen LogP contribution < -0.4 is 16.3 Å². The van der Waals surface area contributed by atoms with E-state index in [1.54, 1.807) is 13.8 Å². The van der Waals surface area contributed by atoms with E-state index in [9.17, 15) is 32.8 Å². The van der Waals surface area contributed by atoms with Gasteiger partial charge in [-0.05, 0) is 25.3 Å². The molecule has 0 radical (unpaired) electrons. The van der Waals surface area contributed by atoms with Crippen molar-refractivity contribution in [1.82, 2.24) is 14.6 Å². The number of aromatic nitrogens is 2. The standard InChI is InChI=1S/C15H22F2N3O8P/c1-9(2)27-13(23)7-18-29(25)26-8-15(17,10(3)21)28-12(6-16)20-5-4-11(22)19-14(20)24/h4-5,9-10,12,21H,6-8H2,1-3H3,(H-,18,19,22,24,25)/p+1/t10-,12+,15+/m0/s1. The molecule has 0 aliphatic rings. The van der Waals surface area contributed by atoms with E-state index in [2.05, 4.69) is 5.09 Å². The average molecular weight is 442 g/mol. The highest BCUT2D eigenvalue weighted by molar-refractivity contribution is 7.36. The number of halogens is 2. The van der Waals surface area contributed by atoms with Crippen molar-refractivity contribution in [2.75, 3.05) is 19.8 Å². The molecule has 0 saturated carbocycles. The summed E-state index contributed by atoms with van der Waals surface area (Å²) < 4.78 is 55.0. The second kappa shape index (κ2) is 11.2. The fourth-order valence-electron chi connectivity index (χ4n) is 1.92. The molecule has 1 rings (SSSR count). The highest BCUT2D eigenvalue weighted by Crippen LogP contribution is 2.29. The topological polar surface area (TPSA) is 149 Å². The number of rotatable bonds is 12. The largest absolute Gasteiger partial charge is 0.613 e. The lowest BCUT2D eigenvalue weighted by Gasteiger charge is -2.30. The number of esters is 1. The number of hydrogen-bond donors (Lipinski definition) is 3. The number of nitrogens with zero attached hydrogens (tertiary/aromatic N) is 1. The Morgan fingerprint density at radius 3 is 2.59 bits per heavy atom. The van der Waals surface area contributed by atoms with Crippen LogP contribution in [0.15, 0.2) is 21.9 Å². The molecule has 11 nitrogen and oxygen atoms in total. The van der Waals surface area contributed by atoms with Gasteiger partial charge in [0.2, 0.25) is 0 Å². The van der Waals surface area contributed by atoms with Crippen molar-refractivity contribution >= 4 is 14.1 Å². The third kappa shape index (κ3) is 8.07. The van der Waals surface area contributed by atoms with E-state index in [1.807, 2.05) is 4.98 Å². The van der Waals surface area contributed by atoms with Gasteiger partial charge < -0.3 is 14.6 Å². The van der Waals surface area contributed by atoms with Gasteiger partial charge in [0.05, 0.1) is 6.10 Å². The Kier molecular flexibility index (Phi) is 9.66. The molecule has 1 aromatic rings. The quantitative estimate of drug-likeness (QED) is 0.307. The molecule has 14 heteroatoms. The minimum Gasteiger partial charge on any atom is -0.462 e. The second-order valence-electron chi connectivity index (χ2n) is 6.11. The van der Waals surface area contributed by atoms with Crippen LogP contribution in [0.25, 0.3) is 0 Å². The number of H-pyrrole nitrogens is 1. The molecule has 164 valence electrons. The number of nitrogens with one attached hydrogen (secondary N) is 2. The van der Waals surface area contributed by atoms with Gasteiger partial charge in [0.15, 0.2) is 12.8 Å². The highest BCUT2D eigenvalue weighted by atomic mass is 31.1. The van der Waals surface area contributed by atoms with Gasteiger partial charge in [-0.3, -0.25) is 19.1 Å². The summed E-state index contributed by atoms with van der Waals surface area (Å²) in [5.41, 5.74) is -1.82. The molecule has 1 unspecified atom stereocenters. The van der Waals surface area contributed by atoms with Crippen molar-refractivity contribution in [2.24, 2.45) is 0 Å². The van der Waals surface area contributed by atoms with E-state index in [-0.39, 0.29) is 6.10 Å². The number of aliphatic hydroxyl groups is 1. The molecule has 1 aromatic heterocycles. The maximum Gasteiger partial charge on any atom is 0.613 e. The van der Waals surface area contributed by atoms with Crippen LogP contribution in [0.3, 0.4) is 0 Å². The van der Waals surface area contributed by atoms with Gasteiger partial charge in [-0.1, -0.05) is 5.09 Å². The van der Waals surface area contributed by atoms with Gasteiger partial charge in [0.1, 0.15) is 19.3 Å². The Balaban J connectivity index is 2.78. The molecule has 0 aromatic carbocycles. The number of hydrogen-bond acceptors (Lipinski definition) is 8. The summed E-state index contributed by atoms with van der Waals surface area (Å²) >= 11 is 0. The summed E-state index contributed by atoms with van der Waals surface area (Å²) in [5.74, 6) is -3.79. The van der Waals surface area contributed by atoms with Crippen molar-refractivity contribution in [2.45, 2.75) is 45.1 Å². The smallest absolute Gasteiger partial charge is 0.462 e. The Morgan fingerprint density at radius 1 is 1.41 bits per heavy atom. The van der Waals surface area contributed by atoms with Crippen LogP contribution in [0.2, 0.25) is 0 Å². The Labute approximate surface area is 164 Å². The number of alkyl halides is 2. The maximum atomic E-state index is 15.0. The van der Waals surface area contributed by atoms with E-state index in [0.717, 1.165) is 19.2 Å². The molecular weight excluding hydrogens is 419 g/mol. The second-order valence-corrected chi connectivity index (χ2v) is 7.20. The third-order valence-corrected chi connectivity index (χ3v) is 4.13. The number of carbonyl (C=O) groups is 1. The van der Waals surface area contributed by atoms with E-state index < -0.39 is 63.4 Å². The van der Waals surface area contributed by atoms with Gasteiger partial charge >= 0.3 is 19.8 Å². The molecule has 0 fully saturated rings. The fourth-order valence-corrected chi connectivity index (χ4v) is 2.56. The normalized spacial score (nSPS) is 16.2. The molecule has 0 aliphatic heterocycles. The van der Waals surface area contributed by atoms with Crippen LogP contribution in [-0.2, 0) is 23.4 Å². The molecule has 1 heterocycles. The molecule has 3 N–H and O–H groups in total. The first-order valence-corrected chi connectivity index (χ1v) is 9.61. The SMILES string of the molecule is CC(C)OC(=O)CN[P+](=O)OC[C@@](F)(O[C@H](CF)n1ccc(=O)[nH]c1=O)[C@H](C)O. The first-order valence-electron chi connectivity index (χ1n) is 8.44. The lowest BCUT2D eigenvalue weighted by atomic mass is 10.2. The summed E-state index contributed by atoms with van der Waals surface area (Å²) in [6.07, 6.45) is -3.24. The van der Waals surface area contributed by atoms with Crippen LogP contribution in [0.1, 0.15) is 27.0 Å². The lowest BCUT2D eigenvalue weighted by Crippen LogP contribution is -2.47. The Hall–Kier alpha value is -2.05. The first kappa shape index (κ1) is 25.0. The molecule has 0 amide bonds. The lowest BCUT2D eigenvalue weighted by molar-refractivity contribution is -0.260. The predicted octanol–water partition coefficient (Wildman–Crippen LogP) is 0.283. The van der Waals surface area contributed by atoms with Crippen LogP contribution >= 0.6 is 8.18 Å². The highest BCUT2D eigenvalue weighted by Gasteiger charge is 2.43. The summed E-state index contributed by atoms with van der Waals surface area (Å²) in [5, 5.41) is 11.8. The number of aromatic amines is 1. The maximum absolute atomic E-state index is 15.0. The molecule has 29 heavy (non-hydrogen) atoms. The van der Waals surface area contributed by atoms with E-state index in [1.165, 1.54) is 0 Å². The van der Waals surface area contributed by atoms with E-state index in [0.29, 0.717) is 4.57 Å². The summed E-state index contributed by atoms with van der Waals surface area (Å²) in [7, 11) is -2.76. The molecule has 0 bridgehead atoms. The Bertz CT molecular complexity index is 815. The van der Waals surface area contributed by atoms with Crippen molar-refractivity contribution in [3.63, 3.8) is 0 Å². The zero-order valence-electron chi connectivity index (χ0n) is 16.0. The van der Waals surface area contributed by atoms with Crippen molar-refractivity contribution in [3.8, 4) is 0 Å². The van der Waals surface area contributed by atoms with Gasteiger partial charge in [0.25, 0.3) is 11.4 Å². The average Bonchev–Trinajstić information content (AvgIpc) is 2.62. The molecule has 0 spiro atoms. The monoisotopic (exact) mass is 442 g/mol. The number of ether oxygens (including phenoxy) is 2. The van der Waals surface area contributed by atoms with Crippen LogP contribution in [0.4, 0.5) is 8.78 Å². The van der Waals surface area contributed by atoms with Crippen LogP contribution in [0, 0.1) is 0 Å². The van der Waals surface area contributed by atoms with E-state index >= 15 is 0 Å². The third-order valence-electron chi connectivity index (χ3n) is 3.35.